The fourth-order valence-electron chi connectivity index (χ4n) is 3.66. The molecule has 0 spiro atoms. The van der Waals surface area contributed by atoms with E-state index in [1.807, 2.05) is 0 Å². The number of nitrogens with one attached hydrogen (secondary N) is 1. The molecule has 4 rings (SSSR count). The molecule has 1 heterocycles. The molecular formula is C26H23NO7S2. The van der Waals surface area contributed by atoms with Gasteiger partial charge in [0.2, 0.25) is 0 Å². The number of methoxy groups -OCH3 is 3. The van der Waals surface area contributed by atoms with Gasteiger partial charge in [0.25, 0.3) is 5.91 Å². The molecule has 0 aliphatic carbocycles. The molecule has 1 N–H and O–H groups in total. The van der Waals surface area contributed by atoms with Crippen molar-refractivity contribution in [1.82, 2.24) is 0 Å². The maximum absolute atomic E-state index is 13.3. The zero-order chi connectivity index (χ0) is 25.9. The van der Waals surface area contributed by atoms with Crippen molar-refractivity contribution in [3.8, 4) is 11.5 Å². The Morgan fingerprint density at radius 2 is 1.64 bits per heavy atom. The van der Waals surface area contributed by atoms with Crippen LogP contribution in [0.2, 0.25) is 0 Å². The number of amides is 1. The lowest BCUT2D eigenvalue weighted by molar-refractivity contribution is -0.112. The van der Waals surface area contributed by atoms with Gasteiger partial charge in [0.1, 0.15) is 11.5 Å². The van der Waals surface area contributed by atoms with Gasteiger partial charge in [-0.3, -0.25) is 4.79 Å². The van der Waals surface area contributed by atoms with Gasteiger partial charge in [-0.15, -0.1) is 0 Å². The van der Waals surface area contributed by atoms with Crippen LogP contribution in [0.4, 0.5) is 5.69 Å². The van der Waals surface area contributed by atoms with Gasteiger partial charge in [-0.05, 0) is 54.1 Å². The molecule has 10 heteroatoms. The second kappa shape index (κ2) is 10.5. The number of esters is 1. The van der Waals surface area contributed by atoms with Crippen molar-refractivity contribution in [2.75, 3.05) is 26.6 Å². The van der Waals surface area contributed by atoms with Crippen LogP contribution in [0.5, 0.6) is 11.5 Å². The smallest absolute Gasteiger partial charge is 0.337 e. The Morgan fingerprint density at radius 3 is 2.25 bits per heavy atom. The quantitative estimate of drug-likeness (QED) is 0.354. The number of benzene rings is 3. The number of hydrogen-bond acceptors (Lipinski definition) is 8. The third-order valence-electron chi connectivity index (χ3n) is 5.50. The summed E-state index contributed by atoms with van der Waals surface area (Å²) in [7, 11) is 0.483. The Labute approximate surface area is 213 Å². The SMILES string of the molecule is COC(=O)c1ccc(/C=C2/Sc3cc(S(=O)(=O)Cc4c(OC)cccc4OC)ccc3NC2=O)cc1. The standard InChI is InChI=1S/C26H23NO7S2/c1-32-21-5-4-6-22(33-2)19(21)15-36(30,31)18-11-12-20-23(14-18)35-24(25(28)27-20)13-16-7-9-17(10-8-16)26(29)34-3/h4-14H,15H2,1-3H3,(H,27,28)/b24-13+. The molecule has 36 heavy (non-hydrogen) atoms. The van der Waals surface area contributed by atoms with Crippen molar-refractivity contribution >= 4 is 45.2 Å². The van der Waals surface area contributed by atoms with Crippen LogP contribution >= 0.6 is 11.8 Å². The first-order valence-electron chi connectivity index (χ1n) is 10.7. The van der Waals surface area contributed by atoms with Crippen molar-refractivity contribution in [1.29, 1.82) is 0 Å². The normalized spacial score (nSPS) is 14.1. The maximum atomic E-state index is 13.3. The highest BCUT2D eigenvalue weighted by Crippen LogP contribution is 2.41. The van der Waals surface area contributed by atoms with E-state index in [4.69, 9.17) is 14.2 Å². The van der Waals surface area contributed by atoms with Crippen LogP contribution in [0, 0.1) is 0 Å². The Bertz CT molecular complexity index is 1440. The van der Waals surface area contributed by atoms with Crippen LogP contribution in [0.3, 0.4) is 0 Å². The average Bonchev–Trinajstić information content (AvgIpc) is 2.88. The Balaban J connectivity index is 1.62. The van der Waals surface area contributed by atoms with E-state index in [0.29, 0.717) is 43.7 Å². The predicted octanol–water partition coefficient (Wildman–Crippen LogP) is 4.55. The summed E-state index contributed by atoms with van der Waals surface area (Å²) in [5.74, 6) is -0.237. The maximum Gasteiger partial charge on any atom is 0.337 e. The van der Waals surface area contributed by atoms with Gasteiger partial charge in [-0.25, -0.2) is 13.2 Å². The number of rotatable bonds is 7. The van der Waals surface area contributed by atoms with Crippen LogP contribution < -0.4 is 14.8 Å². The van der Waals surface area contributed by atoms with E-state index in [1.54, 1.807) is 60.7 Å². The Morgan fingerprint density at radius 1 is 0.972 bits per heavy atom. The fourth-order valence-corrected chi connectivity index (χ4v) is 6.13. The van der Waals surface area contributed by atoms with Gasteiger partial charge in [0, 0.05) is 4.90 Å². The first kappa shape index (κ1) is 25.3. The lowest BCUT2D eigenvalue weighted by atomic mass is 10.1. The number of fused-ring (bicyclic) bond motifs is 1. The number of ether oxygens (including phenoxy) is 3. The summed E-state index contributed by atoms with van der Waals surface area (Å²) >= 11 is 1.17. The van der Waals surface area contributed by atoms with Gasteiger partial charge in [-0.2, -0.15) is 0 Å². The minimum atomic E-state index is -3.77. The van der Waals surface area contributed by atoms with E-state index in [9.17, 15) is 18.0 Å². The van der Waals surface area contributed by atoms with Crippen molar-refractivity contribution in [3.63, 3.8) is 0 Å². The second-order valence-electron chi connectivity index (χ2n) is 7.74. The molecule has 0 fully saturated rings. The van der Waals surface area contributed by atoms with E-state index < -0.39 is 15.8 Å². The summed E-state index contributed by atoms with van der Waals surface area (Å²) in [6.07, 6.45) is 1.67. The van der Waals surface area contributed by atoms with Crippen LogP contribution in [-0.4, -0.2) is 41.6 Å². The van der Waals surface area contributed by atoms with Gasteiger partial charge >= 0.3 is 5.97 Å². The molecule has 0 aromatic heterocycles. The number of carbonyl (C=O) groups excluding carboxylic acids is 2. The first-order chi connectivity index (χ1) is 17.2. The molecule has 3 aromatic carbocycles. The van der Waals surface area contributed by atoms with Crippen molar-refractivity contribution < 1.29 is 32.2 Å². The van der Waals surface area contributed by atoms with E-state index in [2.05, 4.69) is 5.32 Å². The number of carbonyl (C=O) groups is 2. The molecule has 0 unspecified atom stereocenters. The zero-order valence-corrected chi connectivity index (χ0v) is 21.4. The molecule has 186 valence electrons. The highest BCUT2D eigenvalue weighted by atomic mass is 32.2. The number of anilines is 1. The topological polar surface area (TPSA) is 108 Å². The van der Waals surface area contributed by atoms with Crippen molar-refractivity contribution in [3.05, 3.63) is 82.3 Å². The van der Waals surface area contributed by atoms with E-state index in [-0.39, 0.29) is 16.6 Å². The minimum absolute atomic E-state index is 0.111. The van der Waals surface area contributed by atoms with Crippen LogP contribution in [0.1, 0.15) is 21.5 Å². The highest BCUT2D eigenvalue weighted by molar-refractivity contribution is 8.04. The van der Waals surface area contributed by atoms with E-state index in [1.165, 1.54) is 39.2 Å². The zero-order valence-electron chi connectivity index (χ0n) is 19.7. The number of hydrogen-bond donors (Lipinski definition) is 1. The van der Waals surface area contributed by atoms with Gasteiger partial charge in [-0.1, -0.05) is 30.0 Å². The first-order valence-corrected chi connectivity index (χ1v) is 13.2. The molecule has 0 saturated carbocycles. The van der Waals surface area contributed by atoms with Gasteiger partial charge in [0.05, 0.1) is 53.7 Å². The molecule has 1 amide bonds. The summed E-state index contributed by atoms with van der Waals surface area (Å²) in [5, 5.41) is 2.80. The predicted molar refractivity (Wildman–Crippen MR) is 137 cm³/mol. The minimum Gasteiger partial charge on any atom is -0.496 e. The van der Waals surface area contributed by atoms with Crippen LogP contribution in [0.15, 0.2) is 75.4 Å². The fraction of sp³-hybridized carbons (Fsp3) is 0.154. The Hall–Kier alpha value is -3.76. The van der Waals surface area contributed by atoms with E-state index in [0.717, 1.165) is 0 Å². The molecule has 3 aromatic rings. The lowest BCUT2D eigenvalue weighted by Crippen LogP contribution is -2.17. The summed E-state index contributed by atoms with van der Waals surface area (Å²) in [4.78, 5) is 25.4. The van der Waals surface area contributed by atoms with Crippen molar-refractivity contribution in [2.45, 2.75) is 15.5 Å². The molecule has 0 atom stereocenters. The molecule has 0 saturated heterocycles. The third-order valence-corrected chi connectivity index (χ3v) is 8.22. The molecular weight excluding hydrogens is 502 g/mol. The van der Waals surface area contributed by atoms with Crippen molar-refractivity contribution in [2.24, 2.45) is 0 Å². The second-order valence-corrected chi connectivity index (χ2v) is 10.8. The van der Waals surface area contributed by atoms with E-state index >= 15 is 0 Å². The average molecular weight is 526 g/mol. The molecule has 8 nitrogen and oxygen atoms in total. The highest BCUT2D eigenvalue weighted by Gasteiger charge is 2.26. The summed E-state index contributed by atoms with van der Waals surface area (Å²) in [5.41, 5.74) is 2.05. The van der Waals surface area contributed by atoms with Gasteiger partial charge < -0.3 is 19.5 Å². The molecule has 0 bridgehead atoms. The lowest BCUT2D eigenvalue weighted by Gasteiger charge is -2.20. The number of thioether (sulfide) groups is 1. The third kappa shape index (κ3) is 5.24. The number of sulfone groups is 1. The monoisotopic (exact) mass is 525 g/mol. The summed E-state index contributed by atoms with van der Waals surface area (Å²) in [6, 6.07) is 16.3. The molecule has 1 aliphatic rings. The summed E-state index contributed by atoms with van der Waals surface area (Å²) in [6.45, 7) is 0. The van der Waals surface area contributed by atoms with Crippen LogP contribution in [0.25, 0.3) is 6.08 Å². The Kier molecular flexibility index (Phi) is 7.37. The summed E-state index contributed by atoms with van der Waals surface area (Å²) < 4.78 is 42.0. The molecule has 1 aliphatic heterocycles. The largest absolute Gasteiger partial charge is 0.496 e. The molecule has 0 radical (unpaired) electrons. The van der Waals surface area contributed by atoms with Crippen LogP contribution in [-0.2, 0) is 25.1 Å². The van der Waals surface area contributed by atoms with Gasteiger partial charge in [0.15, 0.2) is 9.84 Å².